The van der Waals surface area contributed by atoms with Gasteiger partial charge in [-0.2, -0.15) is 0 Å². The van der Waals surface area contributed by atoms with Crippen LogP contribution < -0.4 is 0 Å². The van der Waals surface area contributed by atoms with E-state index in [1.807, 2.05) is 25.6 Å². The van der Waals surface area contributed by atoms with Crippen LogP contribution in [0.1, 0.15) is 44.7 Å². The lowest BCUT2D eigenvalue weighted by Crippen LogP contribution is -1.99. The molecule has 2 heteroatoms. The maximum Gasteiger partial charge on any atom is 0.121 e. The van der Waals surface area contributed by atoms with Crippen molar-refractivity contribution in [2.75, 3.05) is 0 Å². The van der Waals surface area contributed by atoms with E-state index < -0.39 is 0 Å². The van der Waals surface area contributed by atoms with Gasteiger partial charge in [-0.25, -0.2) is 0 Å². The van der Waals surface area contributed by atoms with Gasteiger partial charge in [-0.1, -0.05) is 20.8 Å². The lowest BCUT2D eigenvalue weighted by molar-refractivity contribution is 0.466. The number of rotatable bonds is 5. The molecule has 1 nitrogen and oxygen atoms in total. The van der Waals surface area contributed by atoms with Gasteiger partial charge < -0.3 is 5.11 Å². The third-order valence-corrected chi connectivity index (χ3v) is 4.10. The van der Waals surface area contributed by atoms with Gasteiger partial charge >= 0.3 is 0 Å². The summed E-state index contributed by atoms with van der Waals surface area (Å²) in [4.78, 5) is 1.27. The molecule has 0 aliphatic carbocycles. The maximum atomic E-state index is 9.73. The van der Waals surface area contributed by atoms with Gasteiger partial charge in [0, 0.05) is 10.1 Å². The summed E-state index contributed by atoms with van der Waals surface area (Å²) >= 11 is 1.91. The minimum atomic E-state index is 0.434. The fraction of sp³-hybridized carbons (Fsp3) is 0.600. The van der Waals surface area contributed by atoms with Crippen LogP contribution in [0.2, 0.25) is 0 Å². The molecule has 0 saturated heterocycles. The summed E-state index contributed by atoms with van der Waals surface area (Å²) in [5, 5.41) is 10.4. The molecule has 0 amide bonds. The topological polar surface area (TPSA) is 20.2 Å². The number of aryl methyl sites for hydroxylation is 2. The van der Waals surface area contributed by atoms with Gasteiger partial charge in [-0.05, 0) is 55.9 Å². The van der Waals surface area contributed by atoms with Crippen molar-refractivity contribution in [3.8, 4) is 5.75 Å². The molecule has 0 radical (unpaired) electrons. The highest BCUT2D eigenvalue weighted by molar-refractivity contribution is 7.99. The fourth-order valence-corrected chi connectivity index (χ4v) is 3.05. The van der Waals surface area contributed by atoms with Gasteiger partial charge in [0.25, 0.3) is 0 Å². The van der Waals surface area contributed by atoms with Crippen molar-refractivity contribution in [1.82, 2.24) is 0 Å². The highest BCUT2D eigenvalue weighted by atomic mass is 32.2. The number of thioether (sulfide) groups is 1. The van der Waals surface area contributed by atoms with Gasteiger partial charge in [-0.3, -0.25) is 0 Å². The van der Waals surface area contributed by atoms with E-state index in [4.69, 9.17) is 0 Å². The van der Waals surface area contributed by atoms with Crippen molar-refractivity contribution in [1.29, 1.82) is 0 Å². The average Bonchev–Trinajstić information content (AvgIpc) is 2.23. The fourth-order valence-electron chi connectivity index (χ4n) is 1.84. The Morgan fingerprint density at radius 3 is 2.06 bits per heavy atom. The first kappa shape index (κ1) is 14.4. The maximum absolute atomic E-state index is 9.73. The molecule has 0 aliphatic rings. The summed E-state index contributed by atoms with van der Waals surface area (Å²) in [6.45, 7) is 10.7. The summed E-state index contributed by atoms with van der Waals surface area (Å²) in [5.41, 5.74) is 1.95. The molecule has 1 aromatic carbocycles. The van der Waals surface area contributed by atoms with E-state index in [2.05, 4.69) is 32.9 Å². The minimum absolute atomic E-state index is 0.434. The van der Waals surface area contributed by atoms with Crippen LogP contribution in [0.15, 0.2) is 17.0 Å². The number of phenolic OH excluding ortho intramolecular Hbond substituents is 1. The first-order chi connectivity index (χ1) is 7.90. The van der Waals surface area contributed by atoms with Crippen molar-refractivity contribution >= 4 is 11.8 Å². The molecule has 1 unspecified atom stereocenters. The van der Waals surface area contributed by atoms with Crippen molar-refractivity contribution in [3.63, 3.8) is 0 Å². The first-order valence-corrected chi connectivity index (χ1v) is 7.25. The Bertz CT molecular complexity index is 348. The van der Waals surface area contributed by atoms with E-state index in [1.54, 1.807) is 0 Å². The quantitative estimate of drug-likeness (QED) is 0.750. The van der Waals surface area contributed by atoms with Crippen LogP contribution in [0.3, 0.4) is 0 Å². The Kier molecular flexibility index (Phi) is 5.38. The molecule has 1 aromatic rings. The SMILES string of the molecule is Cc1cc(SC(C)CCC(C)C)cc(C)c1O. The standard InChI is InChI=1S/C15H24OS/c1-10(2)6-7-13(5)17-14-8-11(3)15(16)12(4)9-14/h8-10,13,16H,6-7H2,1-5H3. The summed E-state index contributed by atoms with van der Waals surface area (Å²) in [7, 11) is 0. The van der Waals surface area contributed by atoms with Gasteiger partial charge in [0.05, 0.1) is 0 Å². The molecule has 0 spiro atoms. The summed E-state index contributed by atoms with van der Waals surface area (Å²) in [5.74, 6) is 1.21. The third-order valence-electron chi connectivity index (χ3n) is 2.95. The van der Waals surface area contributed by atoms with Gasteiger partial charge in [0.1, 0.15) is 5.75 Å². The first-order valence-electron chi connectivity index (χ1n) is 6.37. The Hall–Kier alpha value is -0.630. The summed E-state index contributed by atoms with van der Waals surface area (Å²) in [6, 6.07) is 4.16. The summed E-state index contributed by atoms with van der Waals surface area (Å²) < 4.78 is 0. The monoisotopic (exact) mass is 252 g/mol. The van der Waals surface area contributed by atoms with E-state index in [-0.39, 0.29) is 0 Å². The van der Waals surface area contributed by atoms with Crippen LogP contribution in [0, 0.1) is 19.8 Å². The largest absolute Gasteiger partial charge is 0.507 e. The molecule has 0 aliphatic heterocycles. The van der Waals surface area contributed by atoms with Crippen LogP contribution in [0.25, 0.3) is 0 Å². The number of aromatic hydroxyl groups is 1. The molecule has 17 heavy (non-hydrogen) atoms. The second-order valence-electron chi connectivity index (χ2n) is 5.31. The van der Waals surface area contributed by atoms with Crippen LogP contribution >= 0.6 is 11.8 Å². The second kappa shape index (κ2) is 6.34. The van der Waals surface area contributed by atoms with E-state index in [0.717, 1.165) is 17.0 Å². The van der Waals surface area contributed by atoms with Crippen LogP contribution in [-0.4, -0.2) is 10.4 Å². The lowest BCUT2D eigenvalue weighted by atomic mass is 10.1. The smallest absolute Gasteiger partial charge is 0.121 e. The lowest BCUT2D eigenvalue weighted by Gasteiger charge is -2.14. The zero-order chi connectivity index (χ0) is 13.0. The van der Waals surface area contributed by atoms with E-state index in [9.17, 15) is 5.11 Å². The molecule has 0 aromatic heterocycles. The van der Waals surface area contributed by atoms with E-state index in [0.29, 0.717) is 11.0 Å². The molecule has 1 N–H and O–H groups in total. The number of hydrogen-bond donors (Lipinski definition) is 1. The molecule has 0 saturated carbocycles. The number of hydrogen-bond acceptors (Lipinski definition) is 2. The van der Waals surface area contributed by atoms with Gasteiger partial charge in [-0.15, -0.1) is 11.8 Å². The third kappa shape index (κ3) is 4.63. The van der Waals surface area contributed by atoms with E-state index in [1.165, 1.54) is 17.7 Å². The van der Waals surface area contributed by atoms with Crippen LogP contribution in [-0.2, 0) is 0 Å². The van der Waals surface area contributed by atoms with Crippen molar-refractivity contribution < 1.29 is 5.11 Å². The number of benzene rings is 1. The molecule has 1 rings (SSSR count). The Labute approximate surface area is 110 Å². The Morgan fingerprint density at radius 1 is 1.06 bits per heavy atom. The minimum Gasteiger partial charge on any atom is -0.507 e. The predicted molar refractivity (Wildman–Crippen MR) is 77.0 cm³/mol. The zero-order valence-corrected chi connectivity index (χ0v) is 12.4. The Balaban J connectivity index is 2.62. The molecule has 0 bridgehead atoms. The molecule has 96 valence electrons. The van der Waals surface area contributed by atoms with E-state index >= 15 is 0 Å². The molecular formula is C15H24OS. The van der Waals surface area contributed by atoms with Crippen LogP contribution in [0.5, 0.6) is 5.75 Å². The predicted octanol–water partition coefficient (Wildman–Crippen LogP) is 4.93. The molecule has 0 heterocycles. The molecular weight excluding hydrogens is 228 g/mol. The van der Waals surface area contributed by atoms with Crippen molar-refractivity contribution in [3.05, 3.63) is 23.3 Å². The molecule has 1 atom stereocenters. The number of phenols is 1. The highest BCUT2D eigenvalue weighted by Gasteiger charge is 2.08. The van der Waals surface area contributed by atoms with Gasteiger partial charge in [0.15, 0.2) is 0 Å². The Morgan fingerprint density at radius 2 is 1.59 bits per heavy atom. The van der Waals surface area contributed by atoms with Gasteiger partial charge in [0.2, 0.25) is 0 Å². The normalized spacial score (nSPS) is 13.1. The van der Waals surface area contributed by atoms with Crippen LogP contribution in [0.4, 0.5) is 0 Å². The summed E-state index contributed by atoms with van der Waals surface area (Å²) in [6.07, 6.45) is 2.53. The molecule has 0 fully saturated rings. The van der Waals surface area contributed by atoms with Crippen molar-refractivity contribution in [2.24, 2.45) is 5.92 Å². The second-order valence-corrected chi connectivity index (χ2v) is 6.82. The zero-order valence-electron chi connectivity index (χ0n) is 11.6. The highest BCUT2D eigenvalue weighted by Crippen LogP contribution is 2.32. The average molecular weight is 252 g/mol. The van der Waals surface area contributed by atoms with Crippen molar-refractivity contribution in [2.45, 2.75) is 57.6 Å².